The number of benzene rings is 2. The van der Waals surface area contributed by atoms with Crippen LogP contribution in [-0.4, -0.2) is 10.9 Å². The van der Waals surface area contributed by atoms with E-state index in [4.69, 9.17) is 17.3 Å². The lowest BCUT2D eigenvalue weighted by molar-refractivity contribution is -0.274. The van der Waals surface area contributed by atoms with Gasteiger partial charge < -0.3 is 10.5 Å². The molecule has 0 saturated carbocycles. The molecule has 2 N–H and O–H groups in total. The minimum Gasteiger partial charge on any atom is -0.406 e. The van der Waals surface area contributed by atoms with Crippen molar-refractivity contribution in [1.82, 2.24) is 4.57 Å². The molecule has 1 heterocycles. The number of ether oxygens (including phenoxy) is 1. The maximum atomic E-state index is 13.0. The number of hydrogen-bond acceptors (Lipinski definition) is 3. The number of alkyl halides is 3. The van der Waals surface area contributed by atoms with Crippen molar-refractivity contribution < 1.29 is 17.9 Å². The number of pyridine rings is 1. The van der Waals surface area contributed by atoms with Crippen molar-refractivity contribution in [3.05, 3.63) is 69.6 Å². The highest BCUT2D eigenvalue weighted by atomic mass is 35.5. The van der Waals surface area contributed by atoms with E-state index in [2.05, 4.69) is 4.74 Å². The third kappa shape index (κ3) is 3.54. The predicted molar refractivity (Wildman–Crippen MR) is 93.8 cm³/mol. The maximum Gasteiger partial charge on any atom is 0.573 e. The highest BCUT2D eigenvalue weighted by Gasteiger charge is 2.31. The molecule has 0 aliphatic carbocycles. The van der Waals surface area contributed by atoms with E-state index < -0.39 is 18.0 Å². The van der Waals surface area contributed by atoms with E-state index in [1.165, 1.54) is 16.7 Å². The van der Waals surface area contributed by atoms with Gasteiger partial charge in [-0.05, 0) is 48.7 Å². The molecule has 0 aliphatic heterocycles. The molecule has 1 unspecified atom stereocenters. The predicted octanol–water partition coefficient (Wildman–Crippen LogP) is 4.56. The van der Waals surface area contributed by atoms with Crippen molar-refractivity contribution in [1.29, 1.82) is 0 Å². The van der Waals surface area contributed by atoms with Gasteiger partial charge in [0.25, 0.3) is 5.56 Å². The van der Waals surface area contributed by atoms with Crippen LogP contribution < -0.4 is 16.0 Å². The lowest BCUT2D eigenvalue weighted by Crippen LogP contribution is -2.26. The summed E-state index contributed by atoms with van der Waals surface area (Å²) in [7, 11) is 0. The summed E-state index contributed by atoms with van der Waals surface area (Å²) in [5, 5.41) is 1.24. The number of fused-ring (bicyclic) bond motifs is 1. The molecule has 1 atom stereocenters. The first-order valence-electron chi connectivity index (χ1n) is 7.63. The summed E-state index contributed by atoms with van der Waals surface area (Å²) in [6.45, 7) is 1.71. The number of rotatable bonds is 3. The highest BCUT2D eigenvalue weighted by Crippen LogP contribution is 2.27. The van der Waals surface area contributed by atoms with E-state index >= 15 is 0 Å². The van der Waals surface area contributed by atoms with Crippen molar-refractivity contribution in [3.63, 3.8) is 0 Å². The summed E-state index contributed by atoms with van der Waals surface area (Å²) >= 11 is 6.16. The van der Waals surface area contributed by atoms with Crippen LogP contribution in [0.1, 0.15) is 18.7 Å². The Kier molecular flexibility index (Phi) is 4.68. The van der Waals surface area contributed by atoms with E-state index in [1.54, 1.807) is 31.2 Å². The second-order valence-electron chi connectivity index (χ2n) is 5.74. The monoisotopic (exact) mass is 382 g/mol. The topological polar surface area (TPSA) is 57.2 Å². The molecule has 0 fully saturated rings. The van der Waals surface area contributed by atoms with Gasteiger partial charge in [-0.3, -0.25) is 9.36 Å². The number of nitrogens with zero attached hydrogens (tertiary/aromatic N) is 1. The molecule has 3 rings (SSSR count). The summed E-state index contributed by atoms with van der Waals surface area (Å²) in [5.41, 5.74) is 6.47. The SMILES string of the molecule is CC(N)c1cc2cccc(Cl)c2c(=O)n1-c1ccc(OC(F)(F)F)cc1. The van der Waals surface area contributed by atoms with Gasteiger partial charge in [-0.25, -0.2) is 0 Å². The fourth-order valence-corrected chi connectivity index (χ4v) is 3.00. The Morgan fingerprint density at radius 2 is 1.81 bits per heavy atom. The van der Waals surface area contributed by atoms with Gasteiger partial charge in [0, 0.05) is 17.4 Å². The van der Waals surface area contributed by atoms with Crippen molar-refractivity contribution in [2.45, 2.75) is 19.3 Å². The van der Waals surface area contributed by atoms with E-state index in [0.717, 1.165) is 12.1 Å². The Bertz CT molecular complexity index is 1010. The first-order valence-corrected chi connectivity index (χ1v) is 8.01. The zero-order chi connectivity index (χ0) is 19.1. The molecule has 2 aromatic carbocycles. The largest absolute Gasteiger partial charge is 0.573 e. The Labute approximate surface area is 151 Å². The molecular weight excluding hydrogens is 369 g/mol. The standard InChI is InChI=1S/C18H14ClF3N2O2/c1-10(23)15-9-11-3-2-4-14(19)16(11)17(25)24(15)12-5-7-13(8-6-12)26-18(20,21)22/h2-10H,23H2,1H3. The van der Waals surface area contributed by atoms with Crippen LogP contribution in [0.3, 0.4) is 0 Å². The second-order valence-corrected chi connectivity index (χ2v) is 6.15. The second kappa shape index (κ2) is 6.66. The van der Waals surface area contributed by atoms with Gasteiger partial charge in [-0.15, -0.1) is 13.2 Å². The zero-order valence-corrected chi connectivity index (χ0v) is 14.3. The number of hydrogen-bond donors (Lipinski definition) is 1. The first-order chi connectivity index (χ1) is 12.2. The first kappa shape index (κ1) is 18.3. The van der Waals surface area contributed by atoms with Crippen molar-refractivity contribution in [3.8, 4) is 11.4 Å². The Balaban J connectivity index is 2.20. The number of nitrogens with two attached hydrogens (primary N) is 1. The summed E-state index contributed by atoms with van der Waals surface area (Å²) in [6.07, 6.45) is -4.79. The lowest BCUT2D eigenvalue weighted by Gasteiger charge is -2.18. The molecule has 1 aromatic heterocycles. The zero-order valence-electron chi connectivity index (χ0n) is 13.5. The third-order valence-corrected chi connectivity index (χ3v) is 4.13. The van der Waals surface area contributed by atoms with Gasteiger partial charge >= 0.3 is 6.36 Å². The molecule has 0 bridgehead atoms. The number of aromatic nitrogens is 1. The van der Waals surface area contributed by atoms with Gasteiger partial charge in [0.2, 0.25) is 0 Å². The molecule has 8 heteroatoms. The Morgan fingerprint density at radius 1 is 1.15 bits per heavy atom. The summed E-state index contributed by atoms with van der Waals surface area (Å²) in [5.74, 6) is -0.379. The van der Waals surface area contributed by atoms with Crippen LogP contribution in [0.15, 0.2) is 53.3 Å². The molecule has 4 nitrogen and oxygen atoms in total. The van der Waals surface area contributed by atoms with Crippen molar-refractivity contribution in [2.75, 3.05) is 0 Å². The lowest BCUT2D eigenvalue weighted by atomic mass is 10.1. The minimum atomic E-state index is -4.79. The third-order valence-electron chi connectivity index (χ3n) is 3.82. The van der Waals surface area contributed by atoms with Gasteiger partial charge in [-0.1, -0.05) is 23.7 Å². The minimum absolute atomic E-state index is 0.287. The van der Waals surface area contributed by atoms with E-state index in [-0.39, 0.29) is 10.8 Å². The van der Waals surface area contributed by atoms with Crippen LogP contribution in [0.4, 0.5) is 13.2 Å². The van der Waals surface area contributed by atoms with Crippen LogP contribution in [-0.2, 0) is 0 Å². The van der Waals surface area contributed by atoms with Crippen LogP contribution in [0.25, 0.3) is 16.5 Å². The summed E-state index contributed by atoms with van der Waals surface area (Å²) < 4.78 is 42.1. The highest BCUT2D eigenvalue weighted by molar-refractivity contribution is 6.35. The molecular formula is C18H14ClF3N2O2. The average Bonchev–Trinajstić information content (AvgIpc) is 2.54. The average molecular weight is 383 g/mol. The molecule has 0 saturated heterocycles. The van der Waals surface area contributed by atoms with Gasteiger partial charge in [-0.2, -0.15) is 0 Å². The van der Waals surface area contributed by atoms with Crippen LogP contribution in [0.2, 0.25) is 5.02 Å². The fraction of sp³-hybridized carbons (Fsp3) is 0.167. The molecule has 0 aliphatic rings. The molecule has 0 amide bonds. The van der Waals surface area contributed by atoms with E-state index in [9.17, 15) is 18.0 Å². The summed E-state index contributed by atoms with van der Waals surface area (Å²) in [4.78, 5) is 13.0. The molecule has 3 aromatic rings. The van der Waals surface area contributed by atoms with Gasteiger partial charge in [0.15, 0.2) is 0 Å². The molecule has 136 valence electrons. The Hall–Kier alpha value is -2.51. The van der Waals surface area contributed by atoms with Gasteiger partial charge in [0.05, 0.1) is 10.4 Å². The van der Waals surface area contributed by atoms with Crippen LogP contribution >= 0.6 is 11.6 Å². The Morgan fingerprint density at radius 3 is 2.38 bits per heavy atom. The fourth-order valence-electron chi connectivity index (χ4n) is 2.74. The summed E-state index contributed by atoms with van der Waals surface area (Å²) in [6, 6.07) is 11.3. The van der Waals surface area contributed by atoms with Crippen LogP contribution in [0, 0.1) is 0 Å². The molecule has 0 spiro atoms. The quantitative estimate of drug-likeness (QED) is 0.722. The van der Waals surface area contributed by atoms with Crippen molar-refractivity contribution >= 4 is 22.4 Å². The maximum absolute atomic E-state index is 13.0. The van der Waals surface area contributed by atoms with E-state index in [1.807, 2.05) is 0 Å². The molecule has 0 radical (unpaired) electrons. The van der Waals surface area contributed by atoms with Gasteiger partial charge in [0.1, 0.15) is 5.75 Å². The molecule has 26 heavy (non-hydrogen) atoms. The normalized spacial score (nSPS) is 13.0. The smallest absolute Gasteiger partial charge is 0.406 e. The van der Waals surface area contributed by atoms with E-state index in [0.29, 0.717) is 22.2 Å². The van der Waals surface area contributed by atoms with Crippen LogP contribution in [0.5, 0.6) is 5.75 Å². The number of halogens is 4. The van der Waals surface area contributed by atoms with Crippen molar-refractivity contribution in [2.24, 2.45) is 5.73 Å².